The van der Waals surface area contributed by atoms with Crippen LogP contribution in [0.5, 0.6) is 11.6 Å². The molecule has 0 unspecified atom stereocenters. The van der Waals surface area contributed by atoms with Crippen LogP contribution in [0.15, 0.2) is 41.7 Å². The molecule has 0 aliphatic rings. The highest BCUT2D eigenvalue weighted by Gasteiger charge is 2.07. The van der Waals surface area contributed by atoms with Crippen molar-refractivity contribution in [3.8, 4) is 11.6 Å². The zero-order valence-corrected chi connectivity index (χ0v) is 9.55. The Morgan fingerprint density at radius 3 is 2.63 bits per heavy atom. The average Bonchev–Trinajstić information content (AvgIpc) is 2.42. The molecule has 0 amide bonds. The van der Waals surface area contributed by atoms with Crippen LogP contribution in [0.1, 0.15) is 5.56 Å². The Morgan fingerprint density at radius 2 is 2.05 bits per heavy atom. The van der Waals surface area contributed by atoms with Crippen LogP contribution in [0.25, 0.3) is 0 Å². The minimum absolute atomic E-state index is 0.0972. The van der Waals surface area contributed by atoms with Crippen molar-refractivity contribution in [2.45, 2.75) is 0 Å². The Bertz CT molecular complexity index is 615. The van der Waals surface area contributed by atoms with E-state index in [4.69, 9.17) is 15.7 Å². The van der Waals surface area contributed by atoms with E-state index < -0.39 is 11.6 Å². The molecule has 7 heteroatoms. The van der Waals surface area contributed by atoms with E-state index in [9.17, 15) is 8.78 Å². The van der Waals surface area contributed by atoms with Gasteiger partial charge >= 0.3 is 0 Å². The number of aromatic nitrogens is 1. The summed E-state index contributed by atoms with van der Waals surface area (Å²) in [5.41, 5.74) is 5.74. The standard InChI is InChI=1S/C12H9F2N3O2/c13-8-2-3-10(9(14)5-8)19-11-4-1-7(6-16-11)12(15)17-18/h1-6,18H,(H2,15,17). The summed E-state index contributed by atoms with van der Waals surface area (Å²) in [6.07, 6.45) is 1.30. The minimum Gasteiger partial charge on any atom is -0.436 e. The van der Waals surface area contributed by atoms with Crippen molar-refractivity contribution in [2.75, 3.05) is 0 Å². The Labute approximate surface area is 107 Å². The summed E-state index contributed by atoms with van der Waals surface area (Å²) in [6, 6.07) is 5.84. The SMILES string of the molecule is N/C(=N\O)c1ccc(Oc2ccc(F)cc2F)nc1. The lowest BCUT2D eigenvalue weighted by atomic mass is 10.2. The van der Waals surface area contributed by atoms with Crippen LogP contribution in [-0.4, -0.2) is 16.0 Å². The first-order valence-corrected chi connectivity index (χ1v) is 5.17. The number of nitrogens with zero attached hydrogens (tertiary/aromatic N) is 2. The maximum Gasteiger partial charge on any atom is 0.219 e. The Morgan fingerprint density at radius 1 is 1.26 bits per heavy atom. The highest BCUT2D eigenvalue weighted by atomic mass is 19.1. The number of amidine groups is 1. The average molecular weight is 265 g/mol. The van der Waals surface area contributed by atoms with Gasteiger partial charge in [-0.25, -0.2) is 13.8 Å². The molecule has 5 nitrogen and oxygen atoms in total. The van der Waals surface area contributed by atoms with E-state index in [-0.39, 0.29) is 17.5 Å². The second-order valence-corrected chi connectivity index (χ2v) is 3.55. The normalized spacial score (nSPS) is 11.4. The first-order valence-electron chi connectivity index (χ1n) is 5.17. The molecule has 0 atom stereocenters. The third-order valence-electron chi connectivity index (χ3n) is 2.25. The molecule has 0 saturated heterocycles. The molecule has 0 aliphatic heterocycles. The van der Waals surface area contributed by atoms with Gasteiger partial charge in [-0.05, 0) is 18.2 Å². The van der Waals surface area contributed by atoms with Gasteiger partial charge in [-0.2, -0.15) is 0 Å². The zero-order valence-electron chi connectivity index (χ0n) is 9.55. The maximum absolute atomic E-state index is 13.3. The lowest BCUT2D eigenvalue weighted by molar-refractivity contribution is 0.318. The first-order chi connectivity index (χ1) is 9.10. The molecule has 0 aliphatic carbocycles. The summed E-state index contributed by atoms with van der Waals surface area (Å²) in [5, 5.41) is 11.3. The van der Waals surface area contributed by atoms with Gasteiger partial charge < -0.3 is 15.7 Å². The summed E-state index contributed by atoms with van der Waals surface area (Å²) >= 11 is 0. The van der Waals surface area contributed by atoms with Crippen molar-refractivity contribution in [3.05, 3.63) is 53.7 Å². The summed E-state index contributed by atoms with van der Waals surface area (Å²) in [5.74, 6) is -1.68. The monoisotopic (exact) mass is 265 g/mol. The van der Waals surface area contributed by atoms with Crippen molar-refractivity contribution in [1.29, 1.82) is 0 Å². The zero-order chi connectivity index (χ0) is 13.8. The molecule has 1 aromatic heterocycles. The van der Waals surface area contributed by atoms with Crippen LogP contribution in [0.3, 0.4) is 0 Å². The van der Waals surface area contributed by atoms with Gasteiger partial charge in [0.1, 0.15) is 5.82 Å². The third-order valence-corrected chi connectivity index (χ3v) is 2.25. The predicted octanol–water partition coefficient (Wildman–Crippen LogP) is 2.25. The van der Waals surface area contributed by atoms with Gasteiger partial charge in [-0.15, -0.1) is 0 Å². The minimum atomic E-state index is -0.831. The molecule has 2 aromatic rings. The van der Waals surface area contributed by atoms with E-state index in [0.717, 1.165) is 12.1 Å². The molecule has 0 bridgehead atoms. The van der Waals surface area contributed by atoms with Gasteiger partial charge in [0.05, 0.1) is 0 Å². The van der Waals surface area contributed by atoms with Crippen molar-refractivity contribution in [1.82, 2.24) is 4.98 Å². The summed E-state index contributed by atoms with van der Waals surface area (Å²) in [7, 11) is 0. The molecule has 3 N–H and O–H groups in total. The lowest BCUT2D eigenvalue weighted by Crippen LogP contribution is -2.13. The van der Waals surface area contributed by atoms with Crippen LogP contribution in [0.4, 0.5) is 8.78 Å². The van der Waals surface area contributed by atoms with E-state index in [0.29, 0.717) is 11.6 Å². The number of nitrogens with two attached hydrogens (primary N) is 1. The van der Waals surface area contributed by atoms with Crippen molar-refractivity contribution < 1.29 is 18.7 Å². The van der Waals surface area contributed by atoms with Crippen LogP contribution < -0.4 is 10.5 Å². The smallest absolute Gasteiger partial charge is 0.219 e. The van der Waals surface area contributed by atoms with Gasteiger partial charge in [0.25, 0.3) is 0 Å². The fourth-order valence-electron chi connectivity index (χ4n) is 1.32. The molecule has 2 rings (SSSR count). The number of pyridine rings is 1. The van der Waals surface area contributed by atoms with Gasteiger partial charge in [0.15, 0.2) is 17.4 Å². The Hall–Kier alpha value is -2.70. The topological polar surface area (TPSA) is 80.7 Å². The lowest BCUT2D eigenvalue weighted by Gasteiger charge is -2.06. The molecule has 0 fully saturated rings. The quantitative estimate of drug-likeness (QED) is 0.386. The third kappa shape index (κ3) is 2.95. The maximum atomic E-state index is 13.3. The van der Waals surface area contributed by atoms with E-state index in [1.807, 2.05) is 0 Å². The first kappa shape index (κ1) is 12.7. The summed E-state index contributed by atoms with van der Waals surface area (Å²) in [4.78, 5) is 3.85. The van der Waals surface area contributed by atoms with Crippen molar-refractivity contribution in [3.63, 3.8) is 0 Å². The Kier molecular flexibility index (Phi) is 3.56. The molecule has 0 spiro atoms. The van der Waals surface area contributed by atoms with E-state index >= 15 is 0 Å². The van der Waals surface area contributed by atoms with Crippen LogP contribution >= 0.6 is 0 Å². The molecule has 1 aromatic carbocycles. The molecule has 1 heterocycles. The number of rotatable bonds is 3. The fraction of sp³-hybridized carbons (Fsp3) is 0. The van der Waals surface area contributed by atoms with E-state index in [1.165, 1.54) is 18.3 Å². The summed E-state index contributed by atoms with van der Waals surface area (Å²) < 4.78 is 31.2. The van der Waals surface area contributed by atoms with Gasteiger partial charge in [0, 0.05) is 23.9 Å². The van der Waals surface area contributed by atoms with Crippen molar-refractivity contribution >= 4 is 5.84 Å². The number of hydrogen-bond donors (Lipinski definition) is 2. The highest BCUT2D eigenvalue weighted by Crippen LogP contribution is 2.23. The Balaban J connectivity index is 2.20. The number of benzene rings is 1. The molecule has 98 valence electrons. The molecular weight excluding hydrogens is 256 g/mol. The van der Waals surface area contributed by atoms with Gasteiger partial charge in [-0.1, -0.05) is 5.16 Å². The number of ether oxygens (including phenoxy) is 1. The second kappa shape index (κ2) is 5.30. The molecular formula is C12H9F2N3O2. The molecule has 0 saturated carbocycles. The van der Waals surface area contributed by atoms with Gasteiger partial charge in [-0.3, -0.25) is 0 Å². The van der Waals surface area contributed by atoms with Crippen LogP contribution in [0, 0.1) is 11.6 Å². The predicted molar refractivity (Wildman–Crippen MR) is 63.2 cm³/mol. The van der Waals surface area contributed by atoms with Crippen LogP contribution in [0.2, 0.25) is 0 Å². The fourth-order valence-corrected chi connectivity index (χ4v) is 1.32. The number of oxime groups is 1. The van der Waals surface area contributed by atoms with E-state index in [2.05, 4.69) is 10.1 Å². The summed E-state index contributed by atoms with van der Waals surface area (Å²) in [6.45, 7) is 0. The van der Waals surface area contributed by atoms with Crippen molar-refractivity contribution in [2.24, 2.45) is 10.9 Å². The number of halogens is 2. The largest absolute Gasteiger partial charge is 0.436 e. The van der Waals surface area contributed by atoms with Gasteiger partial charge in [0.2, 0.25) is 5.88 Å². The van der Waals surface area contributed by atoms with Crippen LogP contribution in [-0.2, 0) is 0 Å². The van der Waals surface area contributed by atoms with E-state index in [1.54, 1.807) is 0 Å². The molecule has 19 heavy (non-hydrogen) atoms. The number of hydrogen-bond acceptors (Lipinski definition) is 4. The highest BCUT2D eigenvalue weighted by molar-refractivity contribution is 5.96. The molecule has 0 radical (unpaired) electrons. The second-order valence-electron chi connectivity index (χ2n) is 3.55.